The number of fused-ring (bicyclic) bond motifs is 1. The first-order chi connectivity index (χ1) is 8.36. The molecule has 1 aliphatic heterocycles. The monoisotopic (exact) mass is 237 g/mol. The number of ether oxygens (including phenoxy) is 1. The molecular formula is C13H23N3O. The second-order valence-corrected chi connectivity index (χ2v) is 4.60. The van der Waals surface area contributed by atoms with E-state index < -0.39 is 0 Å². The number of nitrogens with zero attached hydrogens (tertiary/aromatic N) is 2. The number of aryl methyl sites for hydroxylation is 1. The summed E-state index contributed by atoms with van der Waals surface area (Å²) in [5, 5.41) is 3.39. The predicted octanol–water partition coefficient (Wildman–Crippen LogP) is 1.52. The first-order valence-electron chi connectivity index (χ1n) is 6.63. The fraction of sp³-hybridized carbons (Fsp3) is 0.769. The molecule has 1 N–H and O–H groups in total. The third-order valence-electron chi connectivity index (χ3n) is 3.27. The van der Waals surface area contributed by atoms with Crippen molar-refractivity contribution in [2.24, 2.45) is 0 Å². The Hall–Kier alpha value is -0.870. The Morgan fingerprint density at radius 3 is 3.12 bits per heavy atom. The van der Waals surface area contributed by atoms with Crippen LogP contribution in [0.4, 0.5) is 0 Å². The third-order valence-corrected chi connectivity index (χ3v) is 3.27. The van der Waals surface area contributed by atoms with Gasteiger partial charge in [-0.15, -0.1) is 0 Å². The third kappa shape index (κ3) is 2.87. The fourth-order valence-corrected chi connectivity index (χ4v) is 2.47. The van der Waals surface area contributed by atoms with E-state index in [2.05, 4.69) is 16.8 Å². The van der Waals surface area contributed by atoms with E-state index in [1.807, 2.05) is 0 Å². The Bertz CT molecular complexity index is 360. The summed E-state index contributed by atoms with van der Waals surface area (Å²) in [6.07, 6.45) is 4.43. The number of hydrogen-bond donors (Lipinski definition) is 1. The van der Waals surface area contributed by atoms with Gasteiger partial charge in [0.05, 0.1) is 5.69 Å². The molecule has 0 saturated carbocycles. The molecule has 96 valence electrons. The smallest absolute Gasteiger partial charge is 0.109 e. The van der Waals surface area contributed by atoms with Crippen LogP contribution in [0, 0.1) is 0 Å². The van der Waals surface area contributed by atoms with Gasteiger partial charge in [0.25, 0.3) is 0 Å². The quantitative estimate of drug-likeness (QED) is 0.762. The molecule has 0 unspecified atom stereocenters. The molecular weight excluding hydrogens is 214 g/mol. The minimum atomic E-state index is 0.830. The number of aromatic nitrogens is 2. The van der Waals surface area contributed by atoms with Crippen molar-refractivity contribution in [3.05, 3.63) is 17.2 Å². The summed E-state index contributed by atoms with van der Waals surface area (Å²) in [6, 6.07) is 0. The molecule has 0 bridgehead atoms. The largest absolute Gasteiger partial charge is 0.385 e. The second-order valence-electron chi connectivity index (χ2n) is 4.60. The number of methoxy groups -OCH3 is 1. The highest BCUT2D eigenvalue weighted by molar-refractivity contribution is 5.20. The van der Waals surface area contributed by atoms with Crippen molar-refractivity contribution >= 4 is 0 Å². The lowest BCUT2D eigenvalue weighted by Crippen LogP contribution is -2.25. The van der Waals surface area contributed by atoms with E-state index in [9.17, 15) is 0 Å². The van der Waals surface area contributed by atoms with E-state index in [1.54, 1.807) is 7.11 Å². The van der Waals surface area contributed by atoms with Gasteiger partial charge in [-0.25, -0.2) is 4.98 Å². The van der Waals surface area contributed by atoms with Crippen LogP contribution in [0.15, 0.2) is 0 Å². The lowest BCUT2D eigenvalue weighted by atomic mass is 10.2. The van der Waals surface area contributed by atoms with E-state index in [0.717, 1.165) is 51.9 Å². The van der Waals surface area contributed by atoms with Gasteiger partial charge in [-0.2, -0.15) is 0 Å². The van der Waals surface area contributed by atoms with E-state index in [0.29, 0.717) is 0 Å². The van der Waals surface area contributed by atoms with Gasteiger partial charge < -0.3 is 14.6 Å². The first-order valence-corrected chi connectivity index (χ1v) is 6.63. The Kier molecular flexibility index (Phi) is 4.57. The molecule has 0 radical (unpaired) electrons. The van der Waals surface area contributed by atoms with Crippen LogP contribution < -0.4 is 5.32 Å². The lowest BCUT2D eigenvalue weighted by molar-refractivity contribution is 0.189. The second kappa shape index (κ2) is 6.17. The molecule has 0 aromatic carbocycles. The van der Waals surface area contributed by atoms with Gasteiger partial charge in [-0.05, 0) is 12.8 Å². The van der Waals surface area contributed by atoms with Crippen molar-refractivity contribution in [3.63, 3.8) is 0 Å². The van der Waals surface area contributed by atoms with Gasteiger partial charge in [0.1, 0.15) is 5.82 Å². The molecule has 0 spiro atoms. The normalized spacial score (nSPS) is 14.9. The fourth-order valence-electron chi connectivity index (χ4n) is 2.47. The molecule has 0 saturated heterocycles. The van der Waals surface area contributed by atoms with Gasteiger partial charge in [0.2, 0.25) is 0 Å². The zero-order chi connectivity index (χ0) is 12.1. The van der Waals surface area contributed by atoms with Crippen LogP contribution >= 0.6 is 0 Å². The SMILES string of the molecule is CCCc1nc2c(n1CCCOC)CCNC2. The summed E-state index contributed by atoms with van der Waals surface area (Å²) in [6.45, 7) is 6.10. The maximum atomic E-state index is 5.14. The Balaban J connectivity index is 2.16. The minimum absolute atomic E-state index is 0.830. The van der Waals surface area contributed by atoms with Crippen LogP contribution in [0.1, 0.15) is 37.0 Å². The highest BCUT2D eigenvalue weighted by atomic mass is 16.5. The van der Waals surface area contributed by atoms with E-state index in [4.69, 9.17) is 9.72 Å². The molecule has 0 aliphatic carbocycles. The van der Waals surface area contributed by atoms with Crippen LogP contribution in [-0.2, 0) is 30.7 Å². The molecule has 4 heteroatoms. The zero-order valence-corrected chi connectivity index (χ0v) is 11.0. The van der Waals surface area contributed by atoms with Crippen molar-refractivity contribution in [2.45, 2.75) is 45.7 Å². The Morgan fingerprint density at radius 2 is 2.35 bits per heavy atom. The summed E-state index contributed by atoms with van der Waals surface area (Å²) in [7, 11) is 1.76. The average molecular weight is 237 g/mol. The van der Waals surface area contributed by atoms with Gasteiger partial charge in [-0.1, -0.05) is 6.92 Å². The summed E-state index contributed by atoms with van der Waals surface area (Å²) >= 11 is 0. The standard InChI is InChI=1S/C13H23N3O/c1-3-5-13-15-11-10-14-7-6-12(11)16(13)8-4-9-17-2/h14H,3-10H2,1-2H3. The van der Waals surface area contributed by atoms with E-state index in [1.165, 1.54) is 17.2 Å². The van der Waals surface area contributed by atoms with Gasteiger partial charge in [0, 0.05) is 51.9 Å². The summed E-state index contributed by atoms with van der Waals surface area (Å²) in [5.74, 6) is 1.26. The molecule has 2 heterocycles. The van der Waals surface area contributed by atoms with Crippen molar-refractivity contribution < 1.29 is 4.74 Å². The predicted molar refractivity (Wildman–Crippen MR) is 68.1 cm³/mol. The molecule has 0 amide bonds. The van der Waals surface area contributed by atoms with E-state index in [-0.39, 0.29) is 0 Å². The van der Waals surface area contributed by atoms with Crippen LogP contribution in [0.25, 0.3) is 0 Å². The lowest BCUT2D eigenvalue weighted by Gasteiger charge is -2.16. The summed E-state index contributed by atoms with van der Waals surface area (Å²) in [5.41, 5.74) is 2.71. The zero-order valence-electron chi connectivity index (χ0n) is 11.0. The molecule has 2 rings (SSSR count). The van der Waals surface area contributed by atoms with Crippen molar-refractivity contribution in [1.29, 1.82) is 0 Å². The molecule has 0 atom stereocenters. The number of nitrogens with one attached hydrogen (secondary N) is 1. The van der Waals surface area contributed by atoms with Gasteiger partial charge >= 0.3 is 0 Å². The molecule has 1 aliphatic rings. The highest BCUT2D eigenvalue weighted by Crippen LogP contribution is 2.17. The Morgan fingerprint density at radius 1 is 1.47 bits per heavy atom. The topological polar surface area (TPSA) is 39.1 Å². The highest BCUT2D eigenvalue weighted by Gasteiger charge is 2.18. The van der Waals surface area contributed by atoms with Crippen LogP contribution in [-0.4, -0.2) is 29.8 Å². The van der Waals surface area contributed by atoms with Crippen molar-refractivity contribution in [1.82, 2.24) is 14.9 Å². The van der Waals surface area contributed by atoms with Crippen LogP contribution in [0.5, 0.6) is 0 Å². The van der Waals surface area contributed by atoms with Crippen LogP contribution in [0.2, 0.25) is 0 Å². The number of rotatable bonds is 6. The Labute approximate surface area is 103 Å². The number of imidazole rings is 1. The van der Waals surface area contributed by atoms with Crippen LogP contribution in [0.3, 0.4) is 0 Å². The molecule has 1 aromatic heterocycles. The maximum Gasteiger partial charge on any atom is 0.109 e. The first kappa shape index (κ1) is 12.6. The van der Waals surface area contributed by atoms with Gasteiger partial charge in [0.15, 0.2) is 0 Å². The summed E-state index contributed by atoms with van der Waals surface area (Å²) < 4.78 is 7.57. The number of hydrogen-bond acceptors (Lipinski definition) is 3. The van der Waals surface area contributed by atoms with Gasteiger partial charge in [-0.3, -0.25) is 0 Å². The summed E-state index contributed by atoms with van der Waals surface area (Å²) in [4.78, 5) is 4.78. The average Bonchev–Trinajstić information content (AvgIpc) is 2.69. The molecule has 17 heavy (non-hydrogen) atoms. The molecule has 4 nitrogen and oxygen atoms in total. The molecule has 0 fully saturated rings. The molecule has 1 aromatic rings. The minimum Gasteiger partial charge on any atom is -0.385 e. The van der Waals surface area contributed by atoms with E-state index >= 15 is 0 Å². The van der Waals surface area contributed by atoms with Crippen molar-refractivity contribution in [2.75, 3.05) is 20.3 Å². The maximum absolute atomic E-state index is 5.14. The van der Waals surface area contributed by atoms with Crippen molar-refractivity contribution in [3.8, 4) is 0 Å².